The van der Waals surface area contributed by atoms with E-state index in [1.165, 1.54) is 166 Å². The molecule has 13 rings (SSSR count). The molecule has 0 aromatic heterocycles. The van der Waals surface area contributed by atoms with Crippen LogP contribution in [0.3, 0.4) is 0 Å². The summed E-state index contributed by atoms with van der Waals surface area (Å²) in [6, 6.07) is 27.4. The Morgan fingerprint density at radius 1 is 0.427 bits per heavy atom. The van der Waals surface area contributed by atoms with Crippen LogP contribution in [-0.4, -0.2) is 196 Å². The van der Waals surface area contributed by atoms with Gasteiger partial charge in [-0.1, -0.05) is 79.7 Å². The molecule has 28 heteroatoms. The molecule has 0 bridgehead atoms. The minimum Gasteiger partial charge on any atom is -0.465 e. The maximum atomic E-state index is 16.9. The second kappa shape index (κ2) is 34.1. The minimum atomic E-state index is -2.08. The molecular formula is C89H90N4O24. The molecule has 28 nitrogen and oxygen atoms in total. The number of benzene rings is 9. The van der Waals surface area contributed by atoms with Crippen LogP contribution in [0.4, 0.5) is 0 Å². The molecule has 117 heavy (non-hydrogen) atoms. The number of rotatable bonds is 34. The summed E-state index contributed by atoms with van der Waals surface area (Å²) in [6.45, 7) is 16.9. The van der Waals surface area contributed by atoms with Crippen molar-refractivity contribution in [1.82, 2.24) is 19.6 Å². The number of epoxide rings is 2. The number of fused-ring (bicyclic) bond motifs is 2. The average Bonchev–Trinajstić information content (AvgIpc) is 0.994. The molecule has 4 aliphatic rings. The number of hydrogen-bond donors (Lipinski definition) is 0. The SMILES string of the molecule is COC(=O)c1cccc(Oc2cc3c4c(cc(Oc5cccc(C(=O)OC)c5)c5c6c(Oc7cccc(C(=O)OC)c7)cc7c8c(cc(Oc9cccc(C(=O)OC)c9)c(c2c45)c86)C(=O)N(C(C)(CC(C)C)C(=O)N(CCC(=O)OCC2CO2)CC(C)C)C7=O)C(=O)N(C(CC(C)C)C(=O)N(CCC(=O)OCC2CO2)CC(C)C)C3=O)c1. The van der Waals surface area contributed by atoms with Gasteiger partial charge in [-0.25, -0.2) is 19.2 Å². The molecule has 6 amide bonds. The molecule has 4 atom stereocenters. The fourth-order valence-electron chi connectivity index (χ4n) is 15.4. The minimum absolute atomic E-state index is 0.00656. The van der Waals surface area contributed by atoms with E-state index in [9.17, 15) is 28.8 Å². The van der Waals surface area contributed by atoms with Crippen molar-refractivity contribution >= 4 is 114 Å². The number of esters is 6. The van der Waals surface area contributed by atoms with Crippen LogP contribution in [0.5, 0.6) is 46.0 Å². The van der Waals surface area contributed by atoms with Gasteiger partial charge >= 0.3 is 35.8 Å². The van der Waals surface area contributed by atoms with Gasteiger partial charge in [0.05, 0.1) is 99.0 Å². The fraction of sp³-hybridized carbons (Fsp3) is 0.371. The number of methoxy groups -OCH3 is 4. The molecule has 0 spiro atoms. The van der Waals surface area contributed by atoms with Crippen molar-refractivity contribution in [2.75, 3.05) is 81.0 Å². The summed E-state index contributed by atoms with van der Waals surface area (Å²) < 4.78 is 71.1. The molecule has 9 aromatic carbocycles. The van der Waals surface area contributed by atoms with Gasteiger partial charge in [0, 0.05) is 69.3 Å². The second-order valence-electron chi connectivity index (χ2n) is 31.2. The number of imide groups is 2. The topological polar surface area (TPSA) is 335 Å². The molecule has 0 N–H and O–H groups in total. The number of nitrogens with zero attached hydrogens (tertiary/aromatic N) is 4. The molecule has 2 fully saturated rings. The predicted octanol–water partition coefficient (Wildman–Crippen LogP) is 14.1. The first-order valence-electron chi connectivity index (χ1n) is 38.6. The zero-order chi connectivity index (χ0) is 83.7. The third-order valence-corrected chi connectivity index (χ3v) is 20.5. The molecule has 0 saturated carbocycles. The van der Waals surface area contributed by atoms with Gasteiger partial charge in [-0.3, -0.25) is 48.2 Å². The Kier molecular flexibility index (Phi) is 24.0. The third kappa shape index (κ3) is 17.0. The van der Waals surface area contributed by atoms with Crippen LogP contribution >= 0.6 is 0 Å². The van der Waals surface area contributed by atoms with Crippen molar-refractivity contribution in [3.8, 4) is 46.0 Å². The Morgan fingerprint density at radius 2 is 0.752 bits per heavy atom. The molecule has 4 unspecified atom stereocenters. The van der Waals surface area contributed by atoms with E-state index in [1.807, 2.05) is 55.4 Å². The van der Waals surface area contributed by atoms with Crippen LogP contribution in [0.15, 0.2) is 121 Å². The highest BCUT2D eigenvalue weighted by atomic mass is 16.6. The lowest BCUT2D eigenvalue weighted by molar-refractivity contribution is -0.148. The second-order valence-corrected chi connectivity index (χ2v) is 31.2. The van der Waals surface area contributed by atoms with Gasteiger partial charge in [0.2, 0.25) is 11.8 Å². The smallest absolute Gasteiger partial charge is 0.337 e. The Balaban J connectivity index is 1.18. The van der Waals surface area contributed by atoms with Crippen LogP contribution in [0.2, 0.25) is 0 Å². The Morgan fingerprint density at radius 3 is 1.06 bits per heavy atom. The summed E-state index contributed by atoms with van der Waals surface area (Å²) in [4.78, 5) is 185. The number of ether oxygens (including phenoxy) is 12. The normalized spacial score (nSPS) is 15.6. The van der Waals surface area contributed by atoms with Gasteiger partial charge in [0.15, 0.2) is 0 Å². The number of amides is 6. The standard InChI is InChI=1S/C89H90N4O24/c1-46(2)30-64(83(100)90(40-48(5)6)28-26-69(94)112-44-58-42-110-58)92-79(96)60-35-65(114-54-22-14-18-50(31-54)84(101)106-10)73-75-67(116-56-24-16-20-52(33-56)86(103)108-12)37-62-72-63(82(99)93(81(62)98)89(9,39-47(3)4)88(105)91(41-49(7)8)29-27-70(95)113-45-59-43-111-59)38-68(117-57-25-17-21-53(34-57)87(104)109-13)76(78(72)75)74-66(36-61(80(92)97)71(60)77(73)74)115-55-23-15-19-51(32-55)85(102)107-11/h14-25,31-38,46-49,58-59,64H,26-30,39-45H2,1-13H3. The highest BCUT2D eigenvalue weighted by Gasteiger charge is 2.53. The molecule has 4 heterocycles. The summed E-state index contributed by atoms with van der Waals surface area (Å²) >= 11 is 0. The maximum absolute atomic E-state index is 16.9. The summed E-state index contributed by atoms with van der Waals surface area (Å²) in [5.41, 5.74) is -3.04. The van der Waals surface area contributed by atoms with Crippen LogP contribution in [-0.2, 0) is 57.1 Å². The van der Waals surface area contributed by atoms with E-state index < -0.39 is 88.8 Å². The lowest BCUT2D eigenvalue weighted by atomic mass is 9.79. The van der Waals surface area contributed by atoms with Gasteiger partial charge in [0.25, 0.3) is 23.6 Å². The van der Waals surface area contributed by atoms with Crippen molar-refractivity contribution in [3.05, 3.63) is 166 Å². The summed E-state index contributed by atoms with van der Waals surface area (Å²) in [6.07, 6.45) is -1.23. The van der Waals surface area contributed by atoms with Gasteiger partial charge < -0.3 is 66.6 Å². The lowest BCUT2D eigenvalue weighted by Gasteiger charge is -2.44. The third-order valence-electron chi connectivity index (χ3n) is 20.5. The first-order valence-corrected chi connectivity index (χ1v) is 38.6. The number of carbonyl (C=O) groups is 12. The van der Waals surface area contributed by atoms with Crippen LogP contribution in [0.25, 0.3) is 43.1 Å². The van der Waals surface area contributed by atoms with Gasteiger partial charge in [-0.2, -0.15) is 0 Å². The average molecular weight is 1600 g/mol. The monoisotopic (exact) mass is 1600 g/mol. The molecule has 4 aliphatic heterocycles. The van der Waals surface area contributed by atoms with E-state index >= 15 is 28.8 Å². The van der Waals surface area contributed by atoms with E-state index in [2.05, 4.69) is 0 Å². The van der Waals surface area contributed by atoms with E-state index in [4.69, 9.17) is 56.8 Å². The largest absolute Gasteiger partial charge is 0.465 e. The van der Waals surface area contributed by atoms with Crippen LogP contribution < -0.4 is 18.9 Å². The fourth-order valence-corrected chi connectivity index (χ4v) is 15.4. The molecule has 2 saturated heterocycles. The van der Waals surface area contributed by atoms with Crippen molar-refractivity contribution in [3.63, 3.8) is 0 Å². The van der Waals surface area contributed by atoms with E-state index in [-0.39, 0.29) is 229 Å². The first-order chi connectivity index (χ1) is 55.9. The Hall–Kier alpha value is -12.6. The van der Waals surface area contributed by atoms with Gasteiger partial charge in [0.1, 0.15) is 83.0 Å². The molecule has 610 valence electrons. The van der Waals surface area contributed by atoms with Crippen LogP contribution in [0.1, 0.15) is 171 Å². The summed E-state index contributed by atoms with van der Waals surface area (Å²) in [7, 11) is 4.76. The maximum Gasteiger partial charge on any atom is 0.337 e. The highest BCUT2D eigenvalue weighted by molar-refractivity contribution is 6.45. The summed E-state index contributed by atoms with van der Waals surface area (Å²) in [5.74, 6) is -12.1. The van der Waals surface area contributed by atoms with Gasteiger partial charge in [-0.05, 0) is 140 Å². The predicted molar refractivity (Wildman–Crippen MR) is 425 cm³/mol. The lowest BCUT2D eigenvalue weighted by Crippen LogP contribution is -2.63. The zero-order valence-electron chi connectivity index (χ0n) is 67.2. The van der Waals surface area contributed by atoms with Crippen molar-refractivity contribution in [2.24, 2.45) is 23.7 Å². The van der Waals surface area contributed by atoms with E-state index in [0.29, 0.717) is 13.2 Å². The number of hydrogen-bond acceptors (Lipinski definition) is 24. The van der Waals surface area contributed by atoms with Crippen molar-refractivity contribution in [2.45, 2.75) is 112 Å². The summed E-state index contributed by atoms with van der Waals surface area (Å²) in [5, 5.41) is -0.416. The van der Waals surface area contributed by atoms with Gasteiger partial charge in [-0.15, -0.1) is 0 Å². The Bertz CT molecular complexity index is 5270. The Labute approximate surface area is 673 Å². The van der Waals surface area contributed by atoms with E-state index in [0.717, 1.165) is 9.80 Å². The number of carbonyl (C=O) groups excluding carboxylic acids is 12. The molecule has 9 aromatic rings. The first kappa shape index (κ1) is 82.4. The van der Waals surface area contributed by atoms with E-state index in [1.54, 1.807) is 0 Å². The quantitative estimate of drug-likeness (QED) is 0.00903. The van der Waals surface area contributed by atoms with Crippen LogP contribution in [0, 0.1) is 23.7 Å². The highest BCUT2D eigenvalue weighted by Crippen LogP contribution is 2.59. The zero-order valence-corrected chi connectivity index (χ0v) is 67.2. The van der Waals surface area contributed by atoms with Crippen molar-refractivity contribution in [1.29, 1.82) is 0 Å². The van der Waals surface area contributed by atoms with Crippen molar-refractivity contribution < 1.29 is 114 Å². The molecule has 0 aliphatic carbocycles. The molecular weight excluding hydrogens is 1510 g/mol. The molecule has 0 radical (unpaired) electrons.